The van der Waals surface area contributed by atoms with Crippen LogP contribution >= 0.6 is 0 Å². The Morgan fingerprint density at radius 2 is 1.86 bits per heavy atom. The number of hydrogen-bond donors (Lipinski definition) is 3. The summed E-state index contributed by atoms with van der Waals surface area (Å²) in [5, 5.41) is 23.4. The molecule has 0 spiro atoms. The van der Waals surface area contributed by atoms with Crippen molar-refractivity contribution in [2.45, 2.75) is 13.0 Å². The molecule has 0 bridgehead atoms. The first kappa shape index (κ1) is 21.5. The molecule has 1 unspecified atom stereocenters. The molecule has 5 aromatic rings. The smallest absolute Gasteiger partial charge is 0.255 e. The molecule has 6 rings (SSSR count). The van der Waals surface area contributed by atoms with Crippen LogP contribution in [0.15, 0.2) is 103 Å². The third kappa shape index (κ3) is 3.74. The van der Waals surface area contributed by atoms with Gasteiger partial charge in [-0.3, -0.25) is 9.78 Å². The topological polar surface area (TPSA) is 105 Å². The van der Waals surface area contributed by atoms with Crippen molar-refractivity contribution in [2.24, 2.45) is 0 Å². The fourth-order valence-corrected chi connectivity index (χ4v) is 4.62. The van der Waals surface area contributed by atoms with Crippen LogP contribution in [0.1, 0.15) is 18.5 Å². The fraction of sp³-hybridized carbons (Fsp3) is 0.0714. The molecule has 176 valence electrons. The minimum Gasteiger partial charge on any atom is -0.508 e. The molecule has 2 aromatic heterocycles. The molecule has 0 aliphatic carbocycles. The van der Waals surface area contributed by atoms with Crippen LogP contribution in [0.2, 0.25) is 0 Å². The highest BCUT2D eigenvalue weighted by atomic mass is 16.3. The largest absolute Gasteiger partial charge is 0.508 e. The van der Waals surface area contributed by atoms with E-state index < -0.39 is 6.04 Å². The van der Waals surface area contributed by atoms with Crippen LogP contribution in [0.3, 0.4) is 0 Å². The number of carbonyl (C=O) groups excluding carboxylic acids is 1. The summed E-state index contributed by atoms with van der Waals surface area (Å²) in [5.74, 6) is 0.865. The van der Waals surface area contributed by atoms with Gasteiger partial charge in [0.15, 0.2) is 5.82 Å². The van der Waals surface area contributed by atoms with Gasteiger partial charge < -0.3 is 15.7 Å². The number of phenolic OH excluding ortho intramolecular Hbond substituents is 1. The number of aromatic hydroxyl groups is 1. The fourth-order valence-electron chi connectivity index (χ4n) is 4.62. The number of aromatic nitrogens is 4. The van der Waals surface area contributed by atoms with Crippen molar-refractivity contribution in [3.8, 4) is 17.1 Å². The molecule has 1 aliphatic rings. The average Bonchev–Trinajstić information content (AvgIpc) is 3.31. The second-order valence-electron chi connectivity index (χ2n) is 8.59. The van der Waals surface area contributed by atoms with Gasteiger partial charge in [-0.2, -0.15) is 4.98 Å². The van der Waals surface area contributed by atoms with E-state index in [0.29, 0.717) is 34.3 Å². The Morgan fingerprint density at radius 3 is 2.69 bits per heavy atom. The number of pyridine rings is 1. The number of phenols is 1. The maximum Gasteiger partial charge on any atom is 0.255 e. The minimum atomic E-state index is -0.610. The molecule has 0 saturated carbocycles. The third-order valence-electron chi connectivity index (χ3n) is 6.23. The van der Waals surface area contributed by atoms with Crippen LogP contribution < -0.4 is 10.6 Å². The first-order valence-corrected chi connectivity index (χ1v) is 11.5. The van der Waals surface area contributed by atoms with E-state index in [4.69, 9.17) is 10.1 Å². The van der Waals surface area contributed by atoms with E-state index in [1.165, 1.54) is 0 Å². The van der Waals surface area contributed by atoms with Crippen LogP contribution in [0.4, 0.5) is 11.6 Å². The molecule has 0 saturated heterocycles. The molecule has 3 heterocycles. The predicted octanol–water partition coefficient (Wildman–Crippen LogP) is 5.13. The van der Waals surface area contributed by atoms with Crippen LogP contribution in [0, 0.1) is 0 Å². The zero-order valence-electron chi connectivity index (χ0n) is 19.4. The average molecular weight is 475 g/mol. The SMILES string of the molecule is CC1=C(C(=O)Nc2cccnc2)C(c2cccc(O)c2)n2nc(-c3cccc4ccccc34)nc2N1. The number of hydrogen-bond acceptors (Lipinski definition) is 6. The number of amides is 1. The lowest BCUT2D eigenvalue weighted by Gasteiger charge is -2.28. The summed E-state index contributed by atoms with van der Waals surface area (Å²) in [5.41, 5.74) is 3.30. The Hall–Kier alpha value is -4.98. The molecule has 1 atom stereocenters. The molecule has 0 fully saturated rings. The van der Waals surface area contributed by atoms with E-state index in [0.717, 1.165) is 16.3 Å². The predicted molar refractivity (Wildman–Crippen MR) is 138 cm³/mol. The third-order valence-corrected chi connectivity index (χ3v) is 6.23. The molecule has 0 radical (unpaired) electrons. The van der Waals surface area contributed by atoms with E-state index >= 15 is 0 Å². The molecule has 1 aliphatic heterocycles. The summed E-state index contributed by atoms with van der Waals surface area (Å²) in [6, 6.07) is 23.9. The number of rotatable bonds is 4. The summed E-state index contributed by atoms with van der Waals surface area (Å²) >= 11 is 0. The Kier molecular flexibility index (Phi) is 5.19. The second-order valence-corrected chi connectivity index (χ2v) is 8.59. The van der Waals surface area contributed by atoms with Crippen molar-refractivity contribution in [3.63, 3.8) is 0 Å². The van der Waals surface area contributed by atoms with Gasteiger partial charge in [0.25, 0.3) is 5.91 Å². The van der Waals surface area contributed by atoms with E-state index in [2.05, 4.69) is 27.8 Å². The monoisotopic (exact) mass is 474 g/mol. The Bertz CT molecular complexity index is 1640. The molecule has 1 amide bonds. The molecule has 3 aromatic carbocycles. The lowest BCUT2D eigenvalue weighted by molar-refractivity contribution is -0.113. The lowest BCUT2D eigenvalue weighted by Crippen LogP contribution is -2.31. The van der Waals surface area contributed by atoms with Gasteiger partial charge in [-0.25, -0.2) is 4.68 Å². The molecule has 8 heteroatoms. The summed E-state index contributed by atoms with van der Waals surface area (Å²) in [4.78, 5) is 22.4. The Morgan fingerprint density at radius 1 is 1.03 bits per heavy atom. The van der Waals surface area contributed by atoms with Gasteiger partial charge in [0.05, 0.1) is 17.5 Å². The number of carbonyl (C=O) groups is 1. The number of allylic oxidation sites excluding steroid dienone is 1. The standard InChI is InChI=1S/C28H22N6O2/c1-17-24(27(36)31-20-10-6-14-29-16-20)25(19-9-4-11-21(35)15-19)34-28(30-17)32-26(33-34)23-13-5-8-18-7-2-3-12-22(18)23/h2-16,25,35H,1H3,(H,31,36)(H,30,32,33). The summed E-state index contributed by atoms with van der Waals surface area (Å²) in [6.45, 7) is 1.84. The number of anilines is 2. The maximum absolute atomic E-state index is 13.5. The minimum absolute atomic E-state index is 0.103. The zero-order valence-corrected chi connectivity index (χ0v) is 19.4. The van der Waals surface area contributed by atoms with Crippen LogP contribution in [-0.2, 0) is 4.79 Å². The van der Waals surface area contributed by atoms with Crippen molar-refractivity contribution < 1.29 is 9.90 Å². The molecule has 8 nitrogen and oxygen atoms in total. The summed E-state index contributed by atoms with van der Waals surface area (Å²) in [7, 11) is 0. The molecular weight excluding hydrogens is 452 g/mol. The van der Waals surface area contributed by atoms with E-state index in [-0.39, 0.29) is 11.7 Å². The van der Waals surface area contributed by atoms with Crippen molar-refractivity contribution in [1.29, 1.82) is 0 Å². The van der Waals surface area contributed by atoms with E-state index in [1.807, 2.05) is 43.3 Å². The Balaban J connectivity index is 1.49. The van der Waals surface area contributed by atoms with Gasteiger partial charge in [-0.1, -0.05) is 54.6 Å². The van der Waals surface area contributed by atoms with Crippen molar-refractivity contribution in [3.05, 3.63) is 108 Å². The molecular formula is C28H22N6O2. The summed E-state index contributed by atoms with van der Waals surface area (Å²) < 4.78 is 1.71. The molecule has 36 heavy (non-hydrogen) atoms. The van der Waals surface area contributed by atoms with Crippen LogP contribution in [-0.4, -0.2) is 30.8 Å². The first-order valence-electron chi connectivity index (χ1n) is 11.5. The summed E-state index contributed by atoms with van der Waals surface area (Å²) in [6.07, 6.45) is 3.24. The molecule has 3 N–H and O–H groups in total. The maximum atomic E-state index is 13.5. The van der Waals surface area contributed by atoms with Gasteiger partial charge in [0, 0.05) is 17.5 Å². The zero-order chi connectivity index (χ0) is 24.6. The number of nitrogens with one attached hydrogen (secondary N) is 2. The number of nitrogens with zero attached hydrogens (tertiary/aromatic N) is 4. The normalized spacial score (nSPS) is 14.9. The quantitative estimate of drug-likeness (QED) is 0.334. The highest BCUT2D eigenvalue weighted by molar-refractivity contribution is 6.06. The Labute approximate surface area is 207 Å². The van der Waals surface area contributed by atoms with Crippen molar-refractivity contribution in [1.82, 2.24) is 19.7 Å². The van der Waals surface area contributed by atoms with Gasteiger partial charge in [0.1, 0.15) is 11.8 Å². The van der Waals surface area contributed by atoms with E-state index in [1.54, 1.807) is 47.4 Å². The van der Waals surface area contributed by atoms with Crippen LogP contribution in [0.5, 0.6) is 5.75 Å². The number of fused-ring (bicyclic) bond motifs is 2. The second kappa shape index (κ2) is 8.66. The highest BCUT2D eigenvalue weighted by Crippen LogP contribution is 2.38. The number of benzene rings is 3. The highest BCUT2D eigenvalue weighted by Gasteiger charge is 2.34. The van der Waals surface area contributed by atoms with Crippen molar-refractivity contribution >= 4 is 28.3 Å². The van der Waals surface area contributed by atoms with Gasteiger partial charge >= 0.3 is 0 Å². The first-order chi connectivity index (χ1) is 17.6. The van der Waals surface area contributed by atoms with Gasteiger partial charge in [-0.15, -0.1) is 5.10 Å². The van der Waals surface area contributed by atoms with E-state index in [9.17, 15) is 9.90 Å². The lowest BCUT2D eigenvalue weighted by atomic mass is 9.95. The van der Waals surface area contributed by atoms with Crippen molar-refractivity contribution in [2.75, 3.05) is 10.6 Å². The van der Waals surface area contributed by atoms with Gasteiger partial charge in [0.2, 0.25) is 5.95 Å². The van der Waals surface area contributed by atoms with Crippen LogP contribution in [0.25, 0.3) is 22.2 Å². The van der Waals surface area contributed by atoms with Gasteiger partial charge in [-0.05, 0) is 47.5 Å².